The Balaban J connectivity index is -0.000000307. The van der Waals surface area contributed by atoms with Crippen molar-refractivity contribution >= 4 is 24.2 Å². The van der Waals surface area contributed by atoms with Crippen LogP contribution in [0.3, 0.4) is 0 Å². The van der Waals surface area contributed by atoms with Crippen LogP contribution in [-0.2, 0) is 24.5 Å². The van der Waals surface area contributed by atoms with Gasteiger partial charge in [0, 0.05) is 0 Å². The van der Waals surface area contributed by atoms with Crippen molar-refractivity contribution in [2.24, 2.45) is 0 Å². The summed E-state index contributed by atoms with van der Waals surface area (Å²) in [5, 5.41) is 35.0. The first-order valence-electron chi connectivity index (χ1n) is 4.68. The van der Waals surface area contributed by atoms with E-state index in [9.17, 15) is 4.79 Å². The molecule has 11 N–H and O–H groups in total. The lowest BCUT2D eigenvalue weighted by atomic mass is 10.2. The highest BCUT2D eigenvalue weighted by Crippen LogP contribution is 2.25. The van der Waals surface area contributed by atoms with Crippen LogP contribution in [-0.4, -0.2) is 82.9 Å². The Bertz CT molecular complexity index is 528. The maximum atomic E-state index is 10.5. The monoisotopic (exact) mass is 390 g/mol. The van der Waals surface area contributed by atoms with E-state index in [0.717, 1.165) is 0 Å². The fourth-order valence-corrected chi connectivity index (χ4v) is 0.823. The Labute approximate surface area is 127 Å². The second-order valence-electron chi connectivity index (χ2n) is 3.27. The molecule has 0 spiro atoms. The number of aliphatic hydroxyl groups is 4. The van der Waals surface area contributed by atoms with Gasteiger partial charge in [-0.05, 0) is 0 Å². The Morgan fingerprint density at radius 1 is 1.17 bits per heavy atom. The van der Waals surface area contributed by atoms with Crippen LogP contribution < -0.4 is 0 Å². The standard InChI is InChI=1S/C6H8O6.H3O4P.H2O4S.H2O/c7-1-2(8)5-3(9)4(10)6(11)12-5;2*1-5(2,3)4;/h2,5,7-10H,1H2;(H3,1,2,3,4);(H2,1,2,3,4);1H2/t2-,5+;;;/m0.../s1. The molecule has 0 fully saturated rings. The molecule has 1 aliphatic rings. The van der Waals surface area contributed by atoms with Crippen molar-refractivity contribution in [1.29, 1.82) is 0 Å². The van der Waals surface area contributed by atoms with Gasteiger partial charge in [-0.1, -0.05) is 0 Å². The van der Waals surface area contributed by atoms with Crippen molar-refractivity contribution in [3.05, 3.63) is 11.5 Å². The van der Waals surface area contributed by atoms with Gasteiger partial charge in [0.25, 0.3) is 0 Å². The van der Waals surface area contributed by atoms with Crippen LogP contribution in [0.1, 0.15) is 0 Å². The number of hydrogen-bond acceptors (Lipinski definition) is 9. The molecule has 0 aromatic carbocycles. The van der Waals surface area contributed by atoms with Gasteiger partial charge in [-0.25, -0.2) is 9.36 Å². The molecule has 15 nitrogen and oxygen atoms in total. The lowest BCUT2D eigenvalue weighted by Crippen LogP contribution is -2.31. The summed E-state index contributed by atoms with van der Waals surface area (Å²) in [5.74, 6) is -2.78. The second kappa shape index (κ2) is 10.4. The van der Waals surface area contributed by atoms with E-state index in [2.05, 4.69) is 4.74 Å². The molecule has 1 rings (SSSR count). The van der Waals surface area contributed by atoms with Crippen molar-refractivity contribution < 1.29 is 72.2 Å². The third-order valence-corrected chi connectivity index (χ3v) is 1.48. The van der Waals surface area contributed by atoms with Crippen molar-refractivity contribution in [2.45, 2.75) is 12.2 Å². The summed E-state index contributed by atoms with van der Waals surface area (Å²) >= 11 is 0. The zero-order valence-corrected chi connectivity index (χ0v) is 12.5. The number of carbonyl (C=O) groups excluding carboxylic acids is 1. The summed E-state index contributed by atoms with van der Waals surface area (Å²) in [5.41, 5.74) is 0. The molecule has 0 amide bonds. The van der Waals surface area contributed by atoms with Gasteiger partial charge in [0.15, 0.2) is 11.9 Å². The first kappa shape index (κ1) is 26.6. The molecule has 140 valence electrons. The third-order valence-electron chi connectivity index (χ3n) is 1.48. The molecule has 0 aromatic rings. The van der Waals surface area contributed by atoms with Gasteiger partial charge in [0.2, 0.25) is 5.76 Å². The zero-order chi connectivity index (χ0) is 18.3. The zero-order valence-electron chi connectivity index (χ0n) is 10.8. The maximum absolute atomic E-state index is 10.5. The van der Waals surface area contributed by atoms with E-state index in [1.807, 2.05) is 0 Å². The number of phosphoric acid groups is 1. The minimum atomic E-state index is -4.67. The smallest absolute Gasteiger partial charge is 0.466 e. The van der Waals surface area contributed by atoms with Crippen molar-refractivity contribution in [3.8, 4) is 0 Å². The molecular formula is C6H15O15PS. The molecule has 17 heteroatoms. The molecule has 1 aliphatic heterocycles. The Morgan fingerprint density at radius 3 is 1.65 bits per heavy atom. The molecule has 0 aliphatic carbocycles. The topological polar surface area (TPSA) is 291 Å². The molecule has 1 heterocycles. The van der Waals surface area contributed by atoms with Gasteiger partial charge in [-0.15, -0.1) is 0 Å². The minimum Gasteiger partial charge on any atom is -0.505 e. The number of esters is 1. The van der Waals surface area contributed by atoms with Gasteiger partial charge in [0.05, 0.1) is 6.61 Å². The van der Waals surface area contributed by atoms with Gasteiger partial charge in [-0.3, -0.25) is 9.11 Å². The summed E-state index contributed by atoms with van der Waals surface area (Å²) in [6, 6.07) is 0. The number of carbonyl (C=O) groups is 1. The Hall–Kier alpha value is -1.33. The minimum absolute atomic E-state index is 0. The Morgan fingerprint density at radius 2 is 1.48 bits per heavy atom. The largest absolute Gasteiger partial charge is 0.505 e. The van der Waals surface area contributed by atoms with E-state index in [1.165, 1.54) is 0 Å². The van der Waals surface area contributed by atoms with E-state index >= 15 is 0 Å². The predicted octanol–water partition coefficient (Wildman–Crippen LogP) is -3.81. The van der Waals surface area contributed by atoms with E-state index in [1.54, 1.807) is 0 Å². The first-order chi connectivity index (χ1) is 9.57. The van der Waals surface area contributed by atoms with E-state index in [-0.39, 0.29) is 5.48 Å². The molecule has 2 atom stereocenters. The summed E-state index contributed by atoms with van der Waals surface area (Å²) < 4.78 is 44.8. The second-order valence-corrected chi connectivity index (χ2v) is 5.19. The maximum Gasteiger partial charge on any atom is 0.466 e. The van der Waals surface area contributed by atoms with Gasteiger partial charge < -0.3 is 45.3 Å². The lowest BCUT2D eigenvalue weighted by Gasteiger charge is -2.13. The lowest BCUT2D eigenvalue weighted by molar-refractivity contribution is -0.147. The molecule has 0 saturated heterocycles. The molecular weight excluding hydrogens is 375 g/mol. The highest BCUT2D eigenvalue weighted by Gasteiger charge is 2.38. The molecule has 23 heavy (non-hydrogen) atoms. The van der Waals surface area contributed by atoms with Crippen LogP contribution >= 0.6 is 7.82 Å². The predicted molar refractivity (Wildman–Crippen MR) is 67.3 cm³/mol. The van der Waals surface area contributed by atoms with Gasteiger partial charge in [0.1, 0.15) is 6.10 Å². The van der Waals surface area contributed by atoms with Crippen LogP contribution in [0.15, 0.2) is 11.5 Å². The fraction of sp³-hybridized carbons (Fsp3) is 0.500. The molecule has 0 saturated carbocycles. The van der Waals surface area contributed by atoms with Gasteiger partial charge >= 0.3 is 24.2 Å². The summed E-state index contributed by atoms with van der Waals surface area (Å²) in [6.07, 6.45) is -2.78. The average Bonchev–Trinajstić information content (AvgIpc) is 2.51. The van der Waals surface area contributed by atoms with Crippen LogP contribution in [0.4, 0.5) is 0 Å². The van der Waals surface area contributed by atoms with Crippen LogP contribution in [0.25, 0.3) is 0 Å². The SMILES string of the molecule is O.O=C1O[C@H]([C@@H](O)CO)C(O)=C1O.O=P(O)(O)O.O=S(=O)(O)O. The van der Waals surface area contributed by atoms with Crippen LogP contribution in [0.5, 0.6) is 0 Å². The van der Waals surface area contributed by atoms with Crippen molar-refractivity contribution in [3.63, 3.8) is 0 Å². The number of rotatable bonds is 2. The van der Waals surface area contributed by atoms with Gasteiger partial charge in [-0.2, -0.15) is 8.42 Å². The summed E-state index contributed by atoms with van der Waals surface area (Å²) in [4.78, 5) is 32.1. The summed E-state index contributed by atoms with van der Waals surface area (Å²) in [7, 11) is -9.31. The number of hydrogen-bond donors (Lipinski definition) is 9. The average molecular weight is 390 g/mol. The fourth-order valence-electron chi connectivity index (χ4n) is 0.823. The van der Waals surface area contributed by atoms with Crippen molar-refractivity contribution in [2.75, 3.05) is 6.61 Å². The summed E-state index contributed by atoms with van der Waals surface area (Å²) in [6.45, 7) is -0.671. The number of ether oxygens (including phenoxy) is 1. The molecule has 0 unspecified atom stereocenters. The third kappa shape index (κ3) is 16.9. The normalized spacial score (nSPS) is 18.6. The van der Waals surface area contributed by atoms with Crippen LogP contribution in [0, 0.1) is 0 Å². The van der Waals surface area contributed by atoms with Crippen LogP contribution in [0.2, 0.25) is 0 Å². The van der Waals surface area contributed by atoms with Crippen molar-refractivity contribution in [1.82, 2.24) is 0 Å². The Kier molecular flexibility index (Phi) is 12.1. The first-order valence-corrected chi connectivity index (χ1v) is 7.64. The number of aliphatic hydroxyl groups excluding tert-OH is 4. The molecule has 0 aromatic heterocycles. The number of cyclic esters (lactones) is 1. The quantitative estimate of drug-likeness (QED) is 0.124. The van der Waals surface area contributed by atoms with E-state index in [0.29, 0.717) is 0 Å². The van der Waals surface area contributed by atoms with E-state index in [4.69, 9.17) is 57.2 Å². The highest BCUT2D eigenvalue weighted by atomic mass is 32.3. The molecule has 0 bridgehead atoms. The molecule has 0 radical (unpaired) electrons. The van der Waals surface area contributed by atoms with E-state index < -0.39 is 54.5 Å². The highest BCUT2D eigenvalue weighted by molar-refractivity contribution is 7.79.